The van der Waals surface area contributed by atoms with Crippen molar-refractivity contribution in [2.24, 2.45) is 5.92 Å². The topological polar surface area (TPSA) is 62.4 Å². The van der Waals surface area contributed by atoms with Gasteiger partial charge in [-0.15, -0.1) is 0 Å². The van der Waals surface area contributed by atoms with E-state index in [4.69, 9.17) is 4.74 Å². The molecule has 2 aliphatic rings. The van der Waals surface area contributed by atoms with Gasteiger partial charge >= 0.3 is 5.97 Å². The van der Waals surface area contributed by atoms with Crippen LogP contribution < -0.4 is 0 Å². The molecule has 1 saturated carbocycles. The number of aromatic nitrogens is 1. The molecule has 0 aromatic carbocycles. The highest BCUT2D eigenvalue weighted by atomic mass is 16.5. The van der Waals surface area contributed by atoms with Crippen molar-refractivity contribution in [3.8, 4) is 0 Å². The van der Waals surface area contributed by atoms with Crippen molar-refractivity contribution in [2.75, 3.05) is 6.54 Å². The number of nitrogens with zero attached hydrogens (tertiary/aromatic N) is 1. The molecular formula is C20H30N2O3. The van der Waals surface area contributed by atoms with Gasteiger partial charge in [-0.25, -0.2) is 4.79 Å². The first-order valence-electron chi connectivity index (χ1n) is 9.61. The van der Waals surface area contributed by atoms with Crippen LogP contribution in [0.25, 0.3) is 0 Å². The molecule has 1 aliphatic heterocycles. The van der Waals surface area contributed by atoms with Crippen molar-refractivity contribution in [3.63, 3.8) is 0 Å². The number of piperidine rings is 1. The number of carbonyl (C=O) groups excluding carboxylic acids is 2. The summed E-state index contributed by atoms with van der Waals surface area (Å²) in [5.41, 5.74) is 2.49. The summed E-state index contributed by atoms with van der Waals surface area (Å²) in [7, 11) is 0. The molecule has 3 rings (SSSR count). The summed E-state index contributed by atoms with van der Waals surface area (Å²) in [5.74, 6) is 0.337. The highest BCUT2D eigenvalue weighted by Crippen LogP contribution is 2.36. The highest BCUT2D eigenvalue weighted by Gasteiger charge is 2.37. The van der Waals surface area contributed by atoms with Crippen LogP contribution in [0.15, 0.2) is 0 Å². The summed E-state index contributed by atoms with van der Waals surface area (Å²) < 4.78 is 5.34. The molecule has 0 unspecified atom stereocenters. The molecule has 5 heteroatoms. The van der Waals surface area contributed by atoms with Crippen molar-refractivity contribution >= 4 is 11.9 Å². The number of nitrogens with one attached hydrogen (secondary N) is 1. The molecule has 1 saturated heterocycles. The predicted octanol–water partition coefficient (Wildman–Crippen LogP) is 3.99. The maximum absolute atomic E-state index is 13.2. The number of aryl methyl sites for hydroxylation is 1. The number of carbonyl (C=O) groups is 2. The van der Waals surface area contributed by atoms with Gasteiger partial charge in [-0.2, -0.15) is 0 Å². The number of rotatable bonds is 3. The first-order chi connectivity index (χ1) is 11.9. The maximum atomic E-state index is 13.2. The number of amides is 1. The van der Waals surface area contributed by atoms with Gasteiger partial charge in [-0.3, -0.25) is 4.79 Å². The Balaban J connectivity index is 1.86. The van der Waals surface area contributed by atoms with E-state index in [1.807, 2.05) is 27.7 Å². The van der Waals surface area contributed by atoms with Gasteiger partial charge in [0.1, 0.15) is 5.69 Å². The molecule has 0 spiro atoms. The van der Waals surface area contributed by atoms with Gasteiger partial charge in [0.05, 0.1) is 11.7 Å². The van der Waals surface area contributed by atoms with Crippen LogP contribution in [0, 0.1) is 19.8 Å². The number of hydrogen-bond acceptors (Lipinski definition) is 3. The zero-order chi connectivity index (χ0) is 18.1. The molecule has 138 valence electrons. The van der Waals surface area contributed by atoms with E-state index in [2.05, 4.69) is 9.88 Å². The van der Waals surface area contributed by atoms with Gasteiger partial charge < -0.3 is 14.6 Å². The standard InChI is InChI=1S/C20H30N2O3/c1-12(2)25-20(24)17-13(3)18(21-14(17)4)19(23)22-11-7-9-15-8-5-6-10-16(15)22/h12,15-16,21H,5-11H2,1-4H3/t15-,16-/m1/s1. The first kappa shape index (κ1) is 18.0. The molecule has 1 aromatic heterocycles. The number of esters is 1. The minimum Gasteiger partial charge on any atom is -0.459 e. The molecule has 1 aromatic rings. The average Bonchev–Trinajstić information content (AvgIpc) is 2.87. The molecule has 5 nitrogen and oxygen atoms in total. The summed E-state index contributed by atoms with van der Waals surface area (Å²) in [6, 6.07) is 0.365. The lowest BCUT2D eigenvalue weighted by atomic mass is 9.78. The number of likely N-dealkylation sites (tertiary alicyclic amines) is 1. The second-order valence-electron chi connectivity index (χ2n) is 7.83. The van der Waals surface area contributed by atoms with Gasteiger partial charge in [-0.1, -0.05) is 12.8 Å². The average molecular weight is 346 g/mol. The van der Waals surface area contributed by atoms with E-state index in [1.54, 1.807) is 0 Å². The Morgan fingerprint density at radius 1 is 1.12 bits per heavy atom. The van der Waals surface area contributed by atoms with Crippen molar-refractivity contribution in [1.29, 1.82) is 0 Å². The van der Waals surface area contributed by atoms with E-state index in [1.165, 1.54) is 25.7 Å². The monoisotopic (exact) mass is 346 g/mol. The molecular weight excluding hydrogens is 316 g/mol. The van der Waals surface area contributed by atoms with Gasteiger partial charge in [0, 0.05) is 18.3 Å². The maximum Gasteiger partial charge on any atom is 0.340 e. The summed E-state index contributed by atoms with van der Waals surface area (Å²) in [6.45, 7) is 8.16. The fourth-order valence-electron chi connectivity index (χ4n) is 4.56. The van der Waals surface area contributed by atoms with Crippen LogP contribution in [-0.2, 0) is 4.74 Å². The van der Waals surface area contributed by atoms with Gasteiger partial charge in [0.2, 0.25) is 0 Å². The normalized spacial score (nSPS) is 23.5. The van der Waals surface area contributed by atoms with E-state index in [-0.39, 0.29) is 18.0 Å². The van der Waals surface area contributed by atoms with Crippen LogP contribution in [0.2, 0.25) is 0 Å². The molecule has 25 heavy (non-hydrogen) atoms. The van der Waals surface area contributed by atoms with Crippen molar-refractivity contribution < 1.29 is 14.3 Å². The Labute approximate surface area is 150 Å². The van der Waals surface area contributed by atoms with E-state index in [0.717, 1.165) is 19.4 Å². The number of ether oxygens (including phenoxy) is 1. The van der Waals surface area contributed by atoms with Gasteiger partial charge in [-0.05, 0) is 64.9 Å². The summed E-state index contributed by atoms with van der Waals surface area (Å²) >= 11 is 0. The molecule has 2 heterocycles. The number of aromatic amines is 1. The third-order valence-electron chi connectivity index (χ3n) is 5.70. The van der Waals surface area contributed by atoms with E-state index < -0.39 is 0 Å². The quantitative estimate of drug-likeness (QED) is 0.842. The number of hydrogen-bond donors (Lipinski definition) is 1. The van der Waals surface area contributed by atoms with Crippen molar-refractivity contribution in [1.82, 2.24) is 9.88 Å². The summed E-state index contributed by atoms with van der Waals surface area (Å²) in [4.78, 5) is 30.8. The van der Waals surface area contributed by atoms with Crippen LogP contribution in [0.1, 0.15) is 84.5 Å². The fraction of sp³-hybridized carbons (Fsp3) is 0.700. The van der Waals surface area contributed by atoms with Crippen LogP contribution in [-0.4, -0.2) is 40.5 Å². The minimum atomic E-state index is -0.352. The first-order valence-corrected chi connectivity index (χ1v) is 9.61. The van der Waals surface area contributed by atoms with E-state index in [0.29, 0.717) is 34.5 Å². The molecule has 0 bridgehead atoms. The van der Waals surface area contributed by atoms with Gasteiger partial charge in [0.15, 0.2) is 0 Å². The van der Waals surface area contributed by atoms with E-state index >= 15 is 0 Å². The largest absolute Gasteiger partial charge is 0.459 e. The zero-order valence-corrected chi connectivity index (χ0v) is 15.9. The lowest BCUT2D eigenvalue weighted by Gasteiger charge is -2.44. The molecule has 2 atom stereocenters. The molecule has 0 radical (unpaired) electrons. The van der Waals surface area contributed by atoms with Crippen LogP contribution >= 0.6 is 0 Å². The number of fused-ring (bicyclic) bond motifs is 1. The Morgan fingerprint density at radius 3 is 2.52 bits per heavy atom. The third-order valence-corrected chi connectivity index (χ3v) is 5.70. The Hall–Kier alpha value is -1.78. The molecule has 1 N–H and O–H groups in total. The van der Waals surface area contributed by atoms with Crippen molar-refractivity contribution in [3.05, 3.63) is 22.5 Å². The predicted molar refractivity (Wildman–Crippen MR) is 96.8 cm³/mol. The third kappa shape index (κ3) is 3.46. The summed E-state index contributed by atoms with van der Waals surface area (Å²) in [6.07, 6.45) is 6.98. The lowest BCUT2D eigenvalue weighted by Crippen LogP contribution is -2.49. The van der Waals surface area contributed by atoms with Crippen LogP contribution in [0.4, 0.5) is 0 Å². The fourth-order valence-corrected chi connectivity index (χ4v) is 4.56. The second-order valence-corrected chi connectivity index (χ2v) is 7.83. The Kier molecular flexibility index (Phi) is 5.21. The van der Waals surface area contributed by atoms with E-state index in [9.17, 15) is 9.59 Å². The zero-order valence-electron chi connectivity index (χ0n) is 15.9. The van der Waals surface area contributed by atoms with Gasteiger partial charge in [0.25, 0.3) is 5.91 Å². The van der Waals surface area contributed by atoms with Crippen LogP contribution in [0.5, 0.6) is 0 Å². The second kappa shape index (κ2) is 7.22. The number of H-pyrrole nitrogens is 1. The summed E-state index contributed by atoms with van der Waals surface area (Å²) in [5, 5.41) is 0. The Bertz CT molecular complexity index is 660. The smallest absolute Gasteiger partial charge is 0.340 e. The van der Waals surface area contributed by atoms with Crippen LogP contribution in [0.3, 0.4) is 0 Å². The van der Waals surface area contributed by atoms with Crippen molar-refractivity contribution in [2.45, 2.75) is 78.4 Å². The molecule has 1 aliphatic carbocycles. The lowest BCUT2D eigenvalue weighted by molar-refractivity contribution is 0.0376. The highest BCUT2D eigenvalue weighted by molar-refractivity contribution is 6.00. The molecule has 2 fully saturated rings. The Morgan fingerprint density at radius 2 is 1.80 bits per heavy atom. The SMILES string of the molecule is Cc1[nH]c(C(=O)N2CCC[C@H]3CCCC[C@H]32)c(C)c1C(=O)OC(C)C. The molecule has 1 amide bonds. The minimum absolute atomic E-state index is 0.0424.